The number of fused-ring (bicyclic) bond motifs is 1. The highest BCUT2D eigenvalue weighted by Crippen LogP contribution is 2.18. The molecule has 25 heavy (non-hydrogen) atoms. The van der Waals surface area contributed by atoms with Crippen molar-refractivity contribution in [3.8, 4) is 0 Å². The maximum Gasteiger partial charge on any atom is 0.251 e. The summed E-state index contributed by atoms with van der Waals surface area (Å²) in [7, 11) is 4.05. The SMILES string of the molecule is CN(C)CC(NC(=O)c1ccc2c(c1)CCNCC2)c1ccccc1. The van der Waals surface area contributed by atoms with Gasteiger partial charge in [0.1, 0.15) is 0 Å². The van der Waals surface area contributed by atoms with Crippen molar-refractivity contribution in [3.63, 3.8) is 0 Å². The molecule has 0 spiro atoms. The Morgan fingerprint density at radius 3 is 2.52 bits per heavy atom. The third kappa shape index (κ3) is 4.68. The lowest BCUT2D eigenvalue weighted by Crippen LogP contribution is -2.35. The van der Waals surface area contributed by atoms with E-state index in [1.807, 2.05) is 38.4 Å². The van der Waals surface area contributed by atoms with Crippen molar-refractivity contribution in [2.45, 2.75) is 18.9 Å². The average molecular weight is 337 g/mol. The van der Waals surface area contributed by atoms with Crippen LogP contribution in [0.25, 0.3) is 0 Å². The predicted molar refractivity (Wildman–Crippen MR) is 102 cm³/mol. The highest BCUT2D eigenvalue weighted by Gasteiger charge is 2.18. The fraction of sp³-hybridized carbons (Fsp3) is 0.381. The number of hydrogen-bond donors (Lipinski definition) is 2. The van der Waals surface area contributed by atoms with Gasteiger partial charge in [0.2, 0.25) is 0 Å². The number of carbonyl (C=O) groups excluding carboxylic acids is 1. The van der Waals surface area contributed by atoms with Gasteiger partial charge in [0, 0.05) is 12.1 Å². The van der Waals surface area contributed by atoms with Crippen LogP contribution in [0.3, 0.4) is 0 Å². The van der Waals surface area contributed by atoms with E-state index < -0.39 is 0 Å². The summed E-state index contributed by atoms with van der Waals surface area (Å²) in [6, 6.07) is 16.3. The molecule has 4 heteroatoms. The zero-order valence-corrected chi connectivity index (χ0v) is 15.1. The summed E-state index contributed by atoms with van der Waals surface area (Å²) in [6.45, 7) is 2.76. The highest BCUT2D eigenvalue weighted by molar-refractivity contribution is 5.94. The van der Waals surface area contributed by atoms with Crippen molar-refractivity contribution >= 4 is 5.91 Å². The first-order valence-corrected chi connectivity index (χ1v) is 8.96. The van der Waals surface area contributed by atoms with Crippen molar-refractivity contribution < 1.29 is 4.79 Å². The number of likely N-dealkylation sites (N-methyl/N-ethyl adjacent to an activating group) is 1. The van der Waals surface area contributed by atoms with Crippen LogP contribution in [0.2, 0.25) is 0 Å². The van der Waals surface area contributed by atoms with Gasteiger partial charge in [0.05, 0.1) is 6.04 Å². The molecule has 2 aromatic rings. The number of amides is 1. The Kier molecular flexibility index (Phi) is 5.84. The van der Waals surface area contributed by atoms with E-state index in [1.165, 1.54) is 11.1 Å². The van der Waals surface area contributed by atoms with Crippen LogP contribution in [0.15, 0.2) is 48.5 Å². The van der Waals surface area contributed by atoms with Crippen molar-refractivity contribution in [3.05, 3.63) is 70.8 Å². The Morgan fingerprint density at radius 1 is 1.08 bits per heavy atom. The largest absolute Gasteiger partial charge is 0.344 e. The molecule has 0 saturated heterocycles. The van der Waals surface area contributed by atoms with Crippen LogP contribution in [0.4, 0.5) is 0 Å². The van der Waals surface area contributed by atoms with Crippen LogP contribution in [0.1, 0.15) is 33.1 Å². The van der Waals surface area contributed by atoms with Gasteiger partial charge in [-0.3, -0.25) is 4.79 Å². The van der Waals surface area contributed by atoms with Crippen LogP contribution >= 0.6 is 0 Å². The van der Waals surface area contributed by atoms with Gasteiger partial charge in [-0.05, 0) is 68.8 Å². The Balaban J connectivity index is 1.78. The minimum atomic E-state index is -0.0239. The van der Waals surface area contributed by atoms with E-state index in [0.717, 1.165) is 43.6 Å². The van der Waals surface area contributed by atoms with E-state index in [0.29, 0.717) is 0 Å². The smallest absolute Gasteiger partial charge is 0.251 e. The normalized spacial score (nSPS) is 15.3. The number of carbonyl (C=O) groups is 1. The molecule has 1 atom stereocenters. The summed E-state index contributed by atoms with van der Waals surface area (Å²) in [6.07, 6.45) is 2.01. The first-order valence-electron chi connectivity index (χ1n) is 8.96. The highest BCUT2D eigenvalue weighted by atomic mass is 16.1. The van der Waals surface area contributed by atoms with Crippen LogP contribution < -0.4 is 10.6 Å². The minimum Gasteiger partial charge on any atom is -0.344 e. The maximum atomic E-state index is 12.8. The molecule has 1 amide bonds. The third-order valence-corrected chi connectivity index (χ3v) is 4.67. The molecule has 0 fully saturated rings. The van der Waals surface area contributed by atoms with Crippen molar-refractivity contribution in [2.75, 3.05) is 33.7 Å². The lowest BCUT2D eigenvalue weighted by Gasteiger charge is -2.23. The molecule has 0 bridgehead atoms. The number of benzene rings is 2. The number of nitrogens with one attached hydrogen (secondary N) is 2. The molecule has 132 valence electrons. The number of rotatable bonds is 5. The summed E-state index contributed by atoms with van der Waals surface area (Å²) >= 11 is 0. The minimum absolute atomic E-state index is 0.00397. The van der Waals surface area contributed by atoms with Gasteiger partial charge >= 0.3 is 0 Å². The van der Waals surface area contributed by atoms with Crippen LogP contribution in [-0.2, 0) is 12.8 Å². The third-order valence-electron chi connectivity index (χ3n) is 4.67. The van der Waals surface area contributed by atoms with Gasteiger partial charge in [-0.2, -0.15) is 0 Å². The van der Waals surface area contributed by atoms with E-state index >= 15 is 0 Å². The number of nitrogens with zero attached hydrogens (tertiary/aromatic N) is 1. The van der Waals surface area contributed by atoms with Gasteiger partial charge in [0.15, 0.2) is 0 Å². The molecule has 3 rings (SSSR count). The Hall–Kier alpha value is -2.17. The molecule has 4 nitrogen and oxygen atoms in total. The van der Waals surface area contributed by atoms with Crippen molar-refractivity contribution in [1.82, 2.24) is 15.5 Å². The first kappa shape index (κ1) is 17.6. The summed E-state index contributed by atoms with van der Waals surface area (Å²) in [4.78, 5) is 14.9. The summed E-state index contributed by atoms with van der Waals surface area (Å²) in [5.74, 6) is -0.00397. The molecule has 0 saturated carbocycles. The van der Waals surface area contributed by atoms with E-state index in [1.54, 1.807) is 0 Å². The lowest BCUT2D eigenvalue weighted by atomic mass is 9.99. The molecule has 1 unspecified atom stereocenters. The number of hydrogen-bond acceptors (Lipinski definition) is 3. The molecular formula is C21H27N3O. The molecule has 0 aliphatic carbocycles. The molecule has 1 heterocycles. The second kappa shape index (κ2) is 8.28. The quantitative estimate of drug-likeness (QED) is 0.881. The summed E-state index contributed by atoms with van der Waals surface area (Å²) in [5.41, 5.74) is 4.53. The van der Waals surface area contributed by atoms with E-state index in [2.05, 4.69) is 39.8 Å². The van der Waals surface area contributed by atoms with Gasteiger partial charge in [0.25, 0.3) is 5.91 Å². The molecular weight excluding hydrogens is 310 g/mol. The molecule has 2 N–H and O–H groups in total. The molecule has 1 aliphatic rings. The fourth-order valence-electron chi connectivity index (χ4n) is 3.34. The van der Waals surface area contributed by atoms with Crippen molar-refractivity contribution in [2.24, 2.45) is 0 Å². The summed E-state index contributed by atoms with van der Waals surface area (Å²) in [5, 5.41) is 6.62. The second-order valence-corrected chi connectivity index (χ2v) is 6.93. The molecule has 0 radical (unpaired) electrons. The Morgan fingerprint density at radius 2 is 1.80 bits per heavy atom. The monoisotopic (exact) mass is 337 g/mol. The lowest BCUT2D eigenvalue weighted by molar-refractivity contribution is 0.0930. The zero-order valence-electron chi connectivity index (χ0n) is 15.1. The first-order chi connectivity index (χ1) is 12.1. The molecule has 0 aromatic heterocycles. The summed E-state index contributed by atoms with van der Waals surface area (Å²) < 4.78 is 0. The van der Waals surface area contributed by atoms with Crippen LogP contribution in [0.5, 0.6) is 0 Å². The topological polar surface area (TPSA) is 44.4 Å². The van der Waals surface area contributed by atoms with E-state index in [4.69, 9.17) is 0 Å². The van der Waals surface area contributed by atoms with Gasteiger partial charge in [-0.15, -0.1) is 0 Å². The van der Waals surface area contributed by atoms with E-state index in [9.17, 15) is 4.79 Å². The van der Waals surface area contributed by atoms with Gasteiger partial charge in [-0.25, -0.2) is 0 Å². The fourth-order valence-corrected chi connectivity index (χ4v) is 3.34. The van der Waals surface area contributed by atoms with E-state index in [-0.39, 0.29) is 11.9 Å². The molecule has 2 aromatic carbocycles. The van der Waals surface area contributed by atoms with Crippen LogP contribution in [-0.4, -0.2) is 44.5 Å². The van der Waals surface area contributed by atoms with Crippen LogP contribution in [0, 0.1) is 0 Å². The second-order valence-electron chi connectivity index (χ2n) is 6.93. The maximum absolute atomic E-state index is 12.8. The predicted octanol–water partition coefficient (Wildman–Crippen LogP) is 2.41. The van der Waals surface area contributed by atoms with Gasteiger partial charge in [-0.1, -0.05) is 36.4 Å². The Bertz CT molecular complexity index is 712. The Labute approximate surface area is 150 Å². The zero-order chi connectivity index (χ0) is 17.6. The van der Waals surface area contributed by atoms with Gasteiger partial charge < -0.3 is 15.5 Å². The molecule has 1 aliphatic heterocycles. The average Bonchev–Trinajstić information content (AvgIpc) is 2.86. The standard InChI is InChI=1S/C21H27N3O/c1-24(2)15-20(17-6-4-3-5-7-17)23-21(25)19-9-8-16-10-12-22-13-11-18(16)14-19/h3-9,14,20,22H,10-13,15H2,1-2H3,(H,23,25). The van der Waals surface area contributed by atoms with Crippen molar-refractivity contribution in [1.29, 1.82) is 0 Å².